The largest absolute Gasteiger partial charge is 0.297 e. The highest BCUT2D eigenvalue weighted by molar-refractivity contribution is 5.09. The van der Waals surface area contributed by atoms with Crippen LogP contribution in [0.2, 0.25) is 0 Å². The van der Waals surface area contributed by atoms with E-state index in [1.807, 2.05) is 12.4 Å². The standard InChI is InChI=1S/C14H24N2/c1-12(2)7-10-16(13(3)4)11-14-5-8-15-9-6-14/h5-6,8-9,12-13H,7,10-11H2,1-4H3. The normalized spacial score (nSPS) is 11.7. The number of rotatable bonds is 6. The summed E-state index contributed by atoms with van der Waals surface area (Å²) >= 11 is 0. The molecule has 0 spiro atoms. The fraction of sp³-hybridized carbons (Fsp3) is 0.643. The van der Waals surface area contributed by atoms with Crippen LogP contribution in [0, 0.1) is 5.92 Å². The molecule has 1 aromatic rings. The van der Waals surface area contributed by atoms with Crippen molar-refractivity contribution in [3.05, 3.63) is 30.1 Å². The van der Waals surface area contributed by atoms with Gasteiger partial charge in [-0.25, -0.2) is 0 Å². The molecule has 1 heterocycles. The molecule has 1 rings (SSSR count). The Hall–Kier alpha value is -0.890. The molecule has 1 aromatic heterocycles. The second-order valence-corrected chi connectivity index (χ2v) is 5.10. The van der Waals surface area contributed by atoms with Gasteiger partial charge in [-0.2, -0.15) is 0 Å². The van der Waals surface area contributed by atoms with Gasteiger partial charge in [0.2, 0.25) is 0 Å². The maximum absolute atomic E-state index is 4.05. The third-order valence-electron chi connectivity index (χ3n) is 2.86. The van der Waals surface area contributed by atoms with E-state index >= 15 is 0 Å². The van der Waals surface area contributed by atoms with Crippen LogP contribution >= 0.6 is 0 Å². The predicted octanol–water partition coefficient (Wildman–Crippen LogP) is 3.34. The summed E-state index contributed by atoms with van der Waals surface area (Å²) < 4.78 is 0. The van der Waals surface area contributed by atoms with Crippen LogP contribution in [0.25, 0.3) is 0 Å². The van der Waals surface area contributed by atoms with Crippen LogP contribution in [0.15, 0.2) is 24.5 Å². The SMILES string of the molecule is CC(C)CCN(Cc1ccncc1)C(C)C. The van der Waals surface area contributed by atoms with E-state index in [1.165, 1.54) is 18.5 Å². The molecule has 90 valence electrons. The summed E-state index contributed by atoms with van der Waals surface area (Å²) in [7, 11) is 0. The Morgan fingerprint density at radius 1 is 1.12 bits per heavy atom. The van der Waals surface area contributed by atoms with Gasteiger partial charge in [-0.3, -0.25) is 9.88 Å². The van der Waals surface area contributed by atoms with Crippen LogP contribution in [-0.4, -0.2) is 22.5 Å². The Bertz CT molecular complexity index is 280. The Labute approximate surface area is 99.7 Å². The first kappa shape index (κ1) is 13.2. The molecule has 0 unspecified atom stereocenters. The summed E-state index contributed by atoms with van der Waals surface area (Å²) in [5.74, 6) is 0.777. The van der Waals surface area contributed by atoms with Crippen LogP contribution in [0.5, 0.6) is 0 Å². The highest BCUT2D eigenvalue weighted by Gasteiger charge is 2.10. The van der Waals surface area contributed by atoms with Gasteiger partial charge in [0.25, 0.3) is 0 Å². The van der Waals surface area contributed by atoms with Crippen molar-refractivity contribution in [2.24, 2.45) is 5.92 Å². The number of aromatic nitrogens is 1. The van der Waals surface area contributed by atoms with E-state index in [9.17, 15) is 0 Å². The highest BCUT2D eigenvalue weighted by Crippen LogP contribution is 2.10. The fourth-order valence-corrected chi connectivity index (χ4v) is 1.67. The lowest BCUT2D eigenvalue weighted by atomic mass is 10.1. The maximum atomic E-state index is 4.05. The van der Waals surface area contributed by atoms with Crippen molar-refractivity contribution in [3.63, 3.8) is 0 Å². The molecule has 0 aliphatic rings. The Morgan fingerprint density at radius 2 is 1.75 bits per heavy atom. The zero-order chi connectivity index (χ0) is 12.0. The van der Waals surface area contributed by atoms with Crippen LogP contribution in [0.4, 0.5) is 0 Å². The smallest absolute Gasteiger partial charge is 0.0271 e. The molecule has 0 atom stereocenters. The third-order valence-corrected chi connectivity index (χ3v) is 2.86. The van der Waals surface area contributed by atoms with E-state index in [0.717, 1.165) is 12.5 Å². The molecule has 2 heteroatoms. The van der Waals surface area contributed by atoms with Crippen LogP contribution in [-0.2, 0) is 6.54 Å². The molecule has 0 radical (unpaired) electrons. The van der Waals surface area contributed by atoms with Crippen molar-refractivity contribution >= 4 is 0 Å². The van der Waals surface area contributed by atoms with Crippen LogP contribution in [0.3, 0.4) is 0 Å². The number of pyridine rings is 1. The molecule has 0 N–H and O–H groups in total. The second kappa shape index (κ2) is 6.64. The predicted molar refractivity (Wildman–Crippen MR) is 69.2 cm³/mol. The summed E-state index contributed by atoms with van der Waals surface area (Å²) in [6.45, 7) is 11.3. The van der Waals surface area contributed by atoms with E-state index in [1.54, 1.807) is 0 Å². The maximum Gasteiger partial charge on any atom is 0.0271 e. The molecule has 0 bridgehead atoms. The summed E-state index contributed by atoms with van der Waals surface area (Å²) in [5, 5.41) is 0. The van der Waals surface area contributed by atoms with Gasteiger partial charge < -0.3 is 0 Å². The van der Waals surface area contributed by atoms with Gasteiger partial charge in [0.1, 0.15) is 0 Å². The second-order valence-electron chi connectivity index (χ2n) is 5.10. The summed E-state index contributed by atoms with van der Waals surface area (Å²) in [4.78, 5) is 6.58. The van der Waals surface area contributed by atoms with E-state index in [4.69, 9.17) is 0 Å². The topological polar surface area (TPSA) is 16.1 Å². The summed E-state index contributed by atoms with van der Waals surface area (Å²) in [6.07, 6.45) is 5.01. The summed E-state index contributed by atoms with van der Waals surface area (Å²) in [6, 6.07) is 4.81. The average molecular weight is 220 g/mol. The molecule has 0 fully saturated rings. The minimum atomic E-state index is 0.604. The lowest BCUT2D eigenvalue weighted by Crippen LogP contribution is -2.31. The van der Waals surface area contributed by atoms with Gasteiger partial charge in [-0.05, 0) is 50.4 Å². The summed E-state index contributed by atoms with van der Waals surface area (Å²) in [5.41, 5.74) is 1.35. The zero-order valence-electron chi connectivity index (χ0n) is 11.0. The molecular formula is C14H24N2. The third kappa shape index (κ3) is 4.75. The van der Waals surface area contributed by atoms with Crippen molar-refractivity contribution in [2.45, 2.75) is 46.7 Å². The van der Waals surface area contributed by atoms with Gasteiger partial charge in [0, 0.05) is 25.0 Å². The van der Waals surface area contributed by atoms with Gasteiger partial charge in [-0.15, -0.1) is 0 Å². The van der Waals surface area contributed by atoms with Crippen molar-refractivity contribution in [2.75, 3.05) is 6.54 Å². The first-order valence-electron chi connectivity index (χ1n) is 6.22. The number of nitrogens with zero attached hydrogens (tertiary/aromatic N) is 2. The molecule has 0 amide bonds. The quantitative estimate of drug-likeness (QED) is 0.731. The van der Waals surface area contributed by atoms with Gasteiger partial charge >= 0.3 is 0 Å². The lowest BCUT2D eigenvalue weighted by Gasteiger charge is -2.27. The van der Waals surface area contributed by atoms with Gasteiger partial charge in [-0.1, -0.05) is 13.8 Å². The first-order chi connectivity index (χ1) is 7.59. The molecule has 0 aromatic carbocycles. The zero-order valence-corrected chi connectivity index (χ0v) is 11.0. The molecule has 16 heavy (non-hydrogen) atoms. The lowest BCUT2D eigenvalue weighted by molar-refractivity contribution is 0.201. The van der Waals surface area contributed by atoms with E-state index < -0.39 is 0 Å². The monoisotopic (exact) mass is 220 g/mol. The van der Waals surface area contributed by atoms with Gasteiger partial charge in [0.15, 0.2) is 0 Å². The van der Waals surface area contributed by atoms with Crippen LogP contribution < -0.4 is 0 Å². The molecule has 2 nitrogen and oxygen atoms in total. The van der Waals surface area contributed by atoms with E-state index in [-0.39, 0.29) is 0 Å². The molecule has 0 saturated carbocycles. The van der Waals surface area contributed by atoms with E-state index in [0.29, 0.717) is 6.04 Å². The van der Waals surface area contributed by atoms with Crippen LogP contribution in [0.1, 0.15) is 39.7 Å². The Balaban J connectivity index is 2.51. The fourth-order valence-electron chi connectivity index (χ4n) is 1.67. The minimum absolute atomic E-state index is 0.604. The highest BCUT2D eigenvalue weighted by atomic mass is 15.1. The van der Waals surface area contributed by atoms with Crippen molar-refractivity contribution < 1.29 is 0 Å². The minimum Gasteiger partial charge on any atom is -0.297 e. The van der Waals surface area contributed by atoms with Gasteiger partial charge in [0.05, 0.1) is 0 Å². The van der Waals surface area contributed by atoms with E-state index in [2.05, 4.69) is 49.7 Å². The Morgan fingerprint density at radius 3 is 2.25 bits per heavy atom. The first-order valence-corrected chi connectivity index (χ1v) is 6.22. The molecule has 0 saturated heterocycles. The Kier molecular flexibility index (Phi) is 5.47. The number of hydrogen-bond acceptors (Lipinski definition) is 2. The van der Waals surface area contributed by atoms with Crippen molar-refractivity contribution in [1.29, 1.82) is 0 Å². The molecule has 0 aliphatic heterocycles. The van der Waals surface area contributed by atoms with Crippen molar-refractivity contribution in [1.82, 2.24) is 9.88 Å². The van der Waals surface area contributed by atoms with Crippen molar-refractivity contribution in [3.8, 4) is 0 Å². The molecular weight excluding hydrogens is 196 g/mol. The average Bonchev–Trinajstić information content (AvgIpc) is 2.25. The number of hydrogen-bond donors (Lipinski definition) is 0. The molecule has 0 aliphatic carbocycles.